The van der Waals surface area contributed by atoms with Gasteiger partial charge >= 0.3 is 0 Å². The van der Waals surface area contributed by atoms with Crippen molar-refractivity contribution in [2.75, 3.05) is 10.7 Å². The number of fused-ring (bicyclic) bond motifs is 2. The first kappa shape index (κ1) is 16.3. The van der Waals surface area contributed by atoms with Crippen LogP contribution in [0.5, 0.6) is 0 Å². The third kappa shape index (κ3) is 3.06. The summed E-state index contributed by atoms with van der Waals surface area (Å²) < 4.78 is 1.14. The van der Waals surface area contributed by atoms with Gasteiger partial charge in [-0.3, -0.25) is 19.8 Å². The van der Waals surface area contributed by atoms with E-state index in [-0.39, 0.29) is 17.9 Å². The number of nitrogens with one attached hydrogen (secondary N) is 2. The third-order valence-electron chi connectivity index (χ3n) is 3.94. The molecule has 2 heterocycles. The van der Waals surface area contributed by atoms with Gasteiger partial charge in [-0.25, -0.2) is 4.98 Å². The van der Waals surface area contributed by atoms with Gasteiger partial charge in [0.05, 0.1) is 10.9 Å². The first-order valence-corrected chi connectivity index (χ1v) is 8.84. The second kappa shape index (κ2) is 6.64. The fourth-order valence-corrected chi connectivity index (χ4v) is 3.72. The van der Waals surface area contributed by atoms with Crippen LogP contribution in [0.25, 0.3) is 10.9 Å². The molecular formula is C18H14N4O3S. The van der Waals surface area contributed by atoms with Gasteiger partial charge in [0.2, 0.25) is 5.91 Å². The van der Waals surface area contributed by atoms with E-state index >= 15 is 0 Å². The predicted octanol–water partition coefficient (Wildman–Crippen LogP) is 1.97. The van der Waals surface area contributed by atoms with Crippen molar-refractivity contribution >= 4 is 40.2 Å². The molecule has 0 saturated heterocycles. The van der Waals surface area contributed by atoms with Crippen LogP contribution in [0.4, 0.5) is 5.69 Å². The lowest BCUT2D eigenvalue weighted by Gasteiger charge is -2.24. The zero-order chi connectivity index (χ0) is 18.1. The Bertz CT molecular complexity index is 1060. The Kier molecular flexibility index (Phi) is 4.18. The van der Waals surface area contributed by atoms with Crippen LogP contribution in [0, 0.1) is 0 Å². The summed E-state index contributed by atoms with van der Waals surface area (Å²) >= 11 is 1.11. The van der Waals surface area contributed by atoms with E-state index in [4.69, 9.17) is 0 Å². The van der Waals surface area contributed by atoms with E-state index < -0.39 is 11.2 Å². The lowest BCUT2D eigenvalue weighted by Crippen LogP contribution is -2.44. The maximum absolute atomic E-state index is 12.5. The molecule has 3 aromatic rings. The molecule has 1 aromatic heterocycles. The van der Waals surface area contributed by atoms with Crippen molar-refractivity contribution in [1.82, 2.24) is 9.66 Å². The number of para-hydroxylation sites is 2. The largest absolute Gasteiger partial charge is 0.326 e. The Balaban J connectivity index is 1.57. The van der Waals surface area contributed by atoms with Gasteiger partial charge in [0.25, 0.3) is 11.5 Å². The number of amides is 2. The molecule has 0 radical (unpaired) electrons. The summed E-state index contributed by atoms with van der Waals surface area (Å²) in [7, 11) is 0. The Morgan fingerprint density at radius 1 is 1.12 bits per heavy atom. The van der Waals surface area contributed by atoms with Gasteiger partial charge in [0, 0.05) is 12.1 Å². The molecule has 0 fully saturated rings. The highest BCUT2D eigenvalue weighted by Gasteiger charge is 2.31. The molecule has 0 aliphatic carbocycles. The number of rotatable bonds is 3. The molecule has 4 rings (SSSR count). The number of aromatic nitrogens is 2. The maximum Gasteiger partial charge on any atom is 0.281 e. The quantitative estimate of drug-likeness (QED) is 0.692. The van der Waals surface area contributed by atoms with Gasteiger partial charge < -0.3 is 5.32 Å². The molecule has 0 saturated carbocycles. The van der Waals surface area contributed by atoms with Crippen LogP contribution in [0.3, 0.4) is 0 Å². The van der Waals surface area contributed by atoms with E-state index in [9.17, 15) is 14.4 Å². The number of anilines is 1. The Morgan fingerprint density at radius 2 is 1.85 bits per heavy atom. The minimum absolute atomic E-state index is 0.0198. The molecule has 7 nitrogen and oxygen atoms in total. The summed E-state index contributed by atoms with van der Waals surface area (Å²) in [6, 6.07) is 16.0. The highest BCUT2D eigenvalue weighted by molar-refractivity contribution is 8.00. The van der Waals surface area contributed by atoms with E-state index in [0.717, 1.165) is 16.4 Å². The van der Waals surface area contributed by atoms with Crippen LogP contribution in [0.2, 0.25) is 0 Å². The number of hydrogen-bond acceptors (Lipinski definition) is 5. The average molecular weight is 366 g/mol. The number of benzene rings is 2. The van der Waals surface area contributed by atoms with Crippen molar-refractivity contribution < 1.29 is 9.59 Å². The van der Waals surface area contributed by atoms with Crippen LogP contribution in [0.1, 0.15) is 6.42 Å². The average Bonchev–Trinajstić information content (AvgIpc) is 2.64. The van der Waals surface area contributed by atoms with Crippen molar-refractivity contribution in [1.29, 1.82) is 0 Å². The number of nitrogens with zero attached hydrogens (tertiary/aromatic N) is 2. The molecule has 2 N–H and O–H groups in total. The minimum Gasteiger partial charge on any atom is -0.326 e. The third-order valence-corrected chi connectivity index (χ3v) is 5.09. The van der Waals surface area contributed by atoms with Gasteiger partial charge in [-0.15, -0.1) is 0 Å². The fourth-order valence-electron chi connectivity index (χ4n) is 2.69. The van der Waals surface area contributed by atoms with Gasteiger partial charge in [-0.05, 0) is 24.3 Å². The number of thioether (sulfide) groups is 1. The lowest BCUT2D eigenvalue weighted by atomic mass is 10.2. The molecule has 1 unspecified atom stereocenters. The van der Waals surface area contributed by atoms with Crippen LogP contribution in [-0.2, 0) is 9.59 Å². The molecule has 0 bridgehead atoms. The number of carbonyl (C=O) groups excluding carboxylic acids is 2. The Labute approximate surface area is 152 Å². The molecule has 2 aromatic carbocycles. The first-order valence-electron chi connectivity index (χ1n) is 7.96. The molecule has 26 heavy (non-hydrogen) atoms. The summed E-state index contributed by atoms with van der Waals surface area (Å²) in [5.74, 6) is -0.676. The van der Waals surface area contributed by atoms with E-state index in [1.54, 1.807) is 36.4 Å². The van der Waals surface area contributed by atoms with Gasteiger partial charge in [0.15, 0.2) is 5.16 Å². The predicted molar refractivity (Wildman–Crippen MR) is 99.7 cm³/mol. The molecule has 1 aliphatic heterocycles. The van der Waals surface area contributed by atoms with Gasteiger partial charge in [-0.2, -0.15) is 4.68 Å². The van der Waals surface area contributed by atoms with Crippen molar-refractivity contribution in [3.8, 4) is 0 Å². The first-order chi connectivity index (χ1) is 12.6. The fraction of sp³-hybridized carbons (Fsp3) is 0.111. The molecule has 0 spiro atoms. The zero-order valence-electron chi connectivity index (χ0n) is 13.5. The molecule has 2 amide bonds. The van der Waals surface area contributed by atoms with Gasteiger partial charge in [-0.1, -0.05) is 42.1 Å². The van der Waals surface area contributed by atoms with Crippen molar-refractivity contribution in [3.63, 3.8) is 0 Å². The summed E-state index contributed by atoms with van der Waals surface area (Å²) in [5, 5.41) is 2.89. The Hall–Kier alpha value is -3.13. The van der Waals surface area contributed by atoms with Crippen LogP contribution in [0.15, 0.2) is 64.5 Å². The van der Waals surface area contributed by atoms with Gasteiger partial charge in [0.1, 0.15) is 5.25 Å². The monoisotopic (exact) mass is 366 g/mol. The summed E-state index contributed by atoms with van der Waals surface area (Å²) in [6.07, 6.45) is -0.0198. The number of carbonyl (C=O) groups is 2. The highest BCUT2D eigenvalue weighted by atomic mass is 32.2. The number of hydrogen-bond donors (Lipinski definition) is 2. The van der Waals surface area contributed by atoms with Crippen molar-refractivity contribution in [2.45, 2.75) is 16.8 Å². The normalized spacial score (nSPS) is 16.0. The van der Waals surface area contributed by atoms with Crippen LogP contribution >= 0.6 is 11.8 Å². The zero-order valence-corrected chi connectivity index (χ0v) is 14.3. The molecule has 1 atom stereocenters. The van der Waals surface area contributed by atoms with Crippen molar-refractivity contribution in [2.24, 2.45) is 0 Å². The molecule has 8 heteroatoms. The molecule has 1 aliphatic rings. The van der Waals surface area contributed by atoms with E-state index in [2.05, 4.69) is 15.7 Å². The second-order valence-corrected chi connectivity index (χ2v) is 6.92. The summed E-state index contributed by atoms with van der Waals surface area (Å²) in [4.78, 5) is 41.5. The van der Waals surface area contributed by atoms with E-state index in [1.807, 2.05) is 18.2 Å². The maximum atomic E-state index is 12.5. The highest BCUT2D eigenvalue weighted by Crippen LogP contribution is 2.28. The standard InChI is InChI=1S/C18H14N4O3S/c23-15(19-11-6-2-1-3-7-11)10-14-16(24)21-22-17(25)12-8-4-5-9-13(12)20-18(22)26-14/h1-9,14H,10H2,(H,19,23)(H,21,24). The molecular weight excluding hydrogens is 352 g/mol. The van der Waals surface area contributed by atoms with Crippen LogP contribution in [-0.4, -0.2) is 26.7 Å². The lowest BCUT2D eigenvalue weighted by molar-refractivity contribution is -0.121. The minimum atomic E-state index is -0.660. The SMILES string of the molecule is O=C(CC1Sc2nc3ccccc3c(=O)n2NC1=O)Nc1ccccc1. The molecule has 130 valence electrons. The topological polar surface area (TPSA) is 93.1 Å². The Morgan fingerprint density at radius 3 is 2.65 bits per heavy atom. The second-order valence-electron chi connectivity index (χ2n) is 5.75. The van der Waals surface area contributed by atoms with E-state index in [0.29, 0.717) is 21.7 Å². The smallest absolute Gasteiger partial charge is 0.281 e. The van der Waals surface area contributed by atoms with E-state index in [1.165, 1.54) is 0 Å². The van der Waals surface area contributed by atoms with Crippen LogP contribution < -0.4 is 16.3 Å². The summed E-state index contributed by atoms with van der Waals surface area (Å²) in [5.41, 5.74) is 3.43. The van der Waals surface area contributed by atoms with Crippen molar-refractivity contribution in [3.05, 3.63) is 65.0 Å². The summed E-state index contributed by atoms with van der Waals surface area (Å²) in [6.45, 7) is 0.